The fourth-order valence-corrected chi connectivity index (χ4v) is 3.07. The lowest BCUT2D eigenvalue weighted by Gasteiger charge is -2.18. The number of nitrogens with zero attached hydrogens (tertiary/aromatic N) is 2. The van der Waals surface area contributed by atoms with Crippen molar-refractivity contribution in [3.05, 3.63) is 68.5 Å². The molecule has 1 unspecified atom stereocenters. The van der Waals surface area contributed by atoms with Gasteiger partial charge in [-0.25, -0.2) is 4.79 Å². The van der Waals surface area contributed by atoms with Gasteiger partial charge in [0.2, 0.25) is 0 Å². The molecule has 4 nitrogen and oxygen atoms in total. The number of alkyl halides is 3. The Balaban J connectivity index is 2.03. The Kier molecular flexibility index (Phi) is 4.79. The quantitative estimate of drug-likeness (QED) is 0.649. The smallest absolute Gasteiger partial charge is 0.363 e. The summed E-state index contributed by atoms with van der Waals surface area (Å²) in [5.41, 5.74) is -0.0378. The normalized spacial score (nSPS) is 13.0. The van der Waals surface area contributed by atoms with Gasteiger partial charge in [-0.1, -0.05) is 28.1 Å². The highest BCUT2D eigenvalue weighted by Crippen LogP contribution is 2.32. The van der Waals surface area contributed by atoms with E-state index in [0.29, 0.717) is 22.3 Å². The van der Waals surface area contributed by atoms with Gasteiger partial charge in [-0.3, -0.25) is 4.57 Å². The summed E-state index contributed by atoms with van der Waals surface area (Å²) in [6.07, 6.45) is -4.41. The van der Waals surface area contributed by atoms with Gasteiger partial charge in [-0.15, -0.1) is 0 Å². The Hall–Kier alpha value is -2.35. The molecule has 0 aliphatic carbocycles. The molecule has 0 bridgehead atoms. The molecule has 0 aliphatic rings. The zero-order chi connectivity index (χ0) is 19.1. The molecule has 1 heterocycles. The number of benzene rings is 2. The molecular formula is C18H15BrF3N3O. The van der Waals surface area contributed by atoms with E-state index in [1.54, 1.807) is 26.1 Å². The minimum Gasteiger partial charge on any atom is -0.363 e. The van der Waals surface area contributed by atoms with Gasteiger partial charge in [0.1, 0.15) is 5.82 Å². The maximum Gasteiger partial charge on any atom is 0.416 e. The molecule has 136 valence electrons. The van der Waals surface area contributed by atoms with Gasteiger partial charge >= 0.3 is 11.9 Å². The number of rotatable bonds is 3. The van der Waals surface area contributed by atoms with Crippen molar-refractivity contribution in [1.82, 2.24) is 9.55 Å². The standard InChI is InChI=1S/C18H15BrF3N3O/c1-10(11-4-3-5-12(8-11)18(20,21)22)23-16-14-9-13(19)6-7-15(14)25(2)17(26)24-16/h3-10H,1-2H3,(H,23,24,26). The highest BCUT2D eigenvalue weighted by molar-refractivity contribution is 9.10. The highest BCUT2D eigenvalue weighted by atomic mass is 79.9. The molecule has 0 saturated heterocycles. The van der Waals surface area contributed by atoms with Gasteiger partial charge in [-0.2, -0.15) is 18.2 Å². The third-order valence-corrected chi connectivity index (χ3v) is 4.63. The summed E-state index contributed by atoms with van der Waals surface area (Å²) in [5, 5.41) is 3.76. The number of aromatic nitrogens is 2. The minimum absolute atomic E-state index is 0.328. The van der Waals surface area contributed by atoms with Gasteiger partial charge in [0.05, 0.1) is 11.1 Å². The van der Waals surface area contributed by atoms with E-state index in [0.717, 1.165) is 16.6 Å². The number of halogens is 4. The van der Waals surface area contributed by atoms with Gasteiger partial charge in [0, 0.05) is 22.9 Å². The lowest BCUT2D eigenvalue weighted by molar-refractivity contribution is -0.137. The first-order valence-electron chi connectivity index (χ1n) is 7.77. The van der Waals surface area contributed by atoms with Crippen molar-refractivity contribution in [3.63, 3.8) is 0 Å². The molecule has 8 heteroatoms. The van der Waals surface area contributed by atoms with Crippen molar-refractivity contribution >= 4 is 32.7 Å². The van der Waals surface area contributed by atoms with E-state index in [2.05, 4.69) is 26.2 Å². The summed E-state index contributed by atoms with van der Waals surface area (Å²) in [6.45, 7) is 1.72. The predicted octanol–water partition coefficient (Wildman–Crippen LogP) is 4.89. The second-order valence-electron chi connectivity index (χ2n) is 5.95. The van der Waals surface area contributed by atoms with Crippen LogP contribution in [0.2, 0.25) is 0 Å². The van der Waals surface area contributed by atoms with Crippen molar-refractivity contribution in [2.75, 3.05) is 5.32 Å². The first kappa shape index (κ1) is 18.4. The van der Waals surface area contributed by atoms with Crippen molar-refractivity contribution in [2.45, 2.75) is 19.1 Å². The summed E-state index contributed by atoms with van der Waals surface area (Å²) in [7, 11) is 1.62. The lowest BCUT2D eigenvalue weighted by Crippen LogP contribution is -2.23. The largest absolute Gasteiger partial charge is 0.416 e. The van der Waals surface area contributed by atoms with Crippen LogP contribution in [0.5, 0.6) is 0 Å². The molecule has 0 spiro atoms. The molecule has 0 amide bonds. The Morgan fingerprint density at radius 3 is 2.62 bits per heavy atom. The third kappa shape index (κ3) is 3.60. The van der Waals surface area contributed by atoms with Gasteiger partial charge in [0.15, 0.2) is 0 Å². The molecule has 1 aromatic heterocycles. The summed E-state index contributed by atoms with van der Waals surface area (Å²) < 4.78 is 41.0. The van der Waals surface area contributed by atoms with E-state index in [1.807, 2.05) is 12.1 Å². The molecule has 0 radical (unpaired) electrons. The average Bonchev–Trinajstić information content (AvgIpc) is 2.58. The van der Waals surface area contributed by atoms with Crippen LogP contribution in [0.25, 0.3) is 10.9 Å². The van der Waals surface area contributed by atoms with Crippen molar-refractivity contribution < 1.29 is 13.2 Å². The fraction of sp³-hybridized carbons (Fsp3) is 0.222. The van der Waals surface area contributed by atoms with Crippen LogP contribution in [0.15, 0.2) is 51.7 Å². The summed E-state index contributed by atoms with van der Waals surface area (Å²) >= 11 is 3.38. The van der Waals surface area contributed by atoms with Crippen LogP contribution in [0.1, 0.15) is 24.1 Å². The topological polar surface area (TPSA) is 46.9 Å². The Morgan fingerprint density at radius 2 is 1.92 bits per heavy atom. The second kappa shape index (κ2) is 6.75. The van der Waals surface area contributed by atoms with Crippen LogP contribution >= 0.6 is 15.9 Å². The average molecular weight is 426 g/mol. The minimum atomic E-state index is -4.41. The summed E-state index contributed by atoms with van der Waals surface area (Å²) in [5.74, 6) is 0.328. The van der Waals surface area contributed by atoms with Crippen molar-refractivity contribution in [2.24, 2.45) is 7.05 Å². The van der Waals surface area contributed by atoms with Crippen LogP contribution in [-0.4, -0.2) is 9.55 Å². The van der Waals surface area contributed by atoms with E-state index in [-0.39, 0.29) is 0 Å². The van der Waals surface area contributed by atoms with Crippen LogP contribution in [0, 0.1) is 0 Å². The lowest BCUT2D eigenvalue weighted by atomic mass is 10.0. The second-order valence-corrected chi connectivity index (χ2v) is 6.87. The molecule has 0 saturated carbocycles. The van der Waals surface area contributed by atoms with Crippen LogP contribution < -0.4 is 11.0 Å². The molecule has 2 aromatic carbocycles. The Morgan fingerprint density at radius 1 is 1.19 bits per heavy atom. The number of aryl methyl sites for hydroxylation is 1. The van der Waals surface area contributed by atoms with E-state index < -0.39 is 23.5 Å². The van der Waals surface area contributed by atoms with Crippen molar-refractivity contribution in [1.29, 1.82) is 0 Å². The van der Waals surface area contributed by atoms with Gasteiger partial charge in [0.25, 0.3) is 0 Å². The maximum atomic E-state index is 12.9. The molecule has 0 fully saturated rings. The van der Waals surface area contributed by atoms with Crippen LogP contribution in [0.4, 0.5) is 19.0 Å². The molecule has 1 N–H and O–H groups in total. The van der Waals surface area contributed by atoms with Gasteiger partial charge in [-0.05, 0) is 42.8 Å². The zero-order valence-corrected chi connectivity index (χ0v) is 15.5. The first-order chi connectivity index (χ1) is 12.2. The monoisotopic (exact) mass is 425 g/mol. The number of hydrogen-bond donors (Lipinski definition) is 1. The number of hydrogen-bond acceptors (Lipinski definition) is 3. The first-order valence-corrected chi connectivity index (χ1v) is 8.56. The van der Waals surface area contributed by atoms with Crippen molar-refractivity contribution in [3.8, 4) is 0 Å². The molecule has 26 heavy (non-hydrogen) atoms. The fourth-order valence-electron chi connectivity index (χ4n) is 2.71. The highest BCUT2D eigenvalue weighted by Gasteiger charge is 2.30. The Labute approximate surface area is 155 Å². The van der Waals surface area contributed by atoms with Crippen LogP contribution in [0.3, 0.4) is 0 Å². The zero-order valence-electron chi connectivity index (χ0n) is 13.9. The van der Waals surface area contributed by atoms with Gasteiger partial charge < -0.3 is 5.32 Å². The maximum absolute atomic E-state index is 12.9. The number of anilines is 1. The van der Waals surface area contributed by atoms with E-state index in [1.165, 1.54) is 10.6 Å². The van der Waals surface area contributed by atoms with E-state index in [4.69, 9.17) is 0 Å². The van der Waals surface area contributed by atoms with E-state index >= 15 is 0 Å². The predicted molar refractivity (Wildman–Crippen MR) is 98.2 cm³/mol. The third-order valence-electron chi connectivity index (χ3n) is 4.14. The number of fused-ring (bicyclic) bond motifs is 1. The number of nitrogens with one attached hydrogen (secondary N) is 1. The summed E-state index contributed by atoms with van der Waals surface area (Å²) in [6, 6.07) is 10.0. The summed E-state index contributed by atoms with van der Waals surface area (Å²) in [4.78, 5) is 16.1. The van der Waals surface area contributed by atoms with Crippen LogP contribution in [-0.2, 0) is 13.2 Å². The molecule has 3 rings (SSSR count). The van der Waals surface area contributed by atoms with E-state index in [9.17, 15) is 18.0 Å². The Bertz CT molecular complexity index is 1030. The molecule has 3 aromatic rings. The SMILES string of the molecule is CC(Nc1nc(=O)n(C)c2ccc(Br)cc12)c1cccc(C(F)(F)F)c1. The molecule has 1 atom stereocenters. The molecular weight excluding hydrogens is 411 g/mol. The molecule has 0 aliphatic heterocycles.